The molecule has 2 aliphatic heterocycles. The van der Waals surface area contributed by atoms with Gasteiger partial charge in [-0.1, -0.05) is 12.1 Å². The summed E-state index contributed by atoms with van der Waals surface area (Å²) < 4.78 is 61.9. The van der Waals surface area contributed by atoms with E-state index < -0.39 is 15.9 Å². The molecule has 0 amide bonds. The monoisotopic (exact) mass is 594 g/mol. The number of benzene rings is 3. The Hall–Kier alpha value is -3.59. The molecule has 1 fully saturated rings. The Labute approximate surface area is 245 Å². The average molecular weight is 595 g/mol. The van der Waals surface area contributed by atoms with Crippen LogP contribution in [0.3, 0.4) is 0 Å². The van der Waals surface area contributed by atoms with Gasteiger partial charge in [0.1, 0.15) is 29.2 Å². The van der Waals surface area contributed by atoms with Gasteiger partial charge in [0.15, 0.2) is 9.84 Å². The van der Waals surface area contributed by atoms with Crippen LogP contribution in [0.25, 0.3) is 11.1 Å². The molecule has 1 unspecified atom stereocenters. The van der Waals surface area contributed by atoms with E-state index in [1.807, 2.05) is 50.2 Å². The van der Waals surface area contributed by atoms with E-state index in [-0.39, 0.29) is 41.5 Å². The van der Waals surface area contributed by atoms with Crippen LogP contribution in [0.15, 0.2) is 42.5 Å². The Bertz CT molecular complexity index is 1630. The van der Waals surface area contributed by atoms with E-state index in [0.29, 0.717) is 55.3 Å². The summed E-state index contributed by atoms with van der Waals surface area (Å²) in [6.07, 6.45) is 1.79. The van der Waals surface area contributed by atoms with Crippen molar-refractivity contribution >= 4 is 15.8 Å². The molecule has 42 heavy (non-hydrogen) atoms. The van der Waals surface area contributed by atoms with Crippen molar-refractivity contribution in [1.29, 1.82) is 0 Å². The molecule has 6 rings (SSSR count). The number of carbonyl (C=O) groups excluding carboxylic acids is 1. The van der Waals surface area contributed by atoms with Crippen LogP contribution in [0.5, 0.6) is 17.2 Å². The summed E-state index contributed by atoms with van der Waals surface area (Å²) >= 11 is 0. The molecule has 1 saturated heterocycles. The van der Waals surface area contributed by atoms with Crippen molar-refractivity contribution in [3.8, 4) is 28.4 Å². The van der Waals surface area contributed by atoms with E-state index in [9.17, 15) is 13.2 Å². The van der Waals surface area contributed by atoms with Crippen LogP contribution in [0.4, 0.5) is 4.39 Å². The highest BCUT2D eigenvalue weighted by Crippen LogP contribution is 2.45. The third kappa shape index (κ3) is 5.59. The van der Waals surface area contributed by atoms with Crippen LogP contribution in [-0.4, -0.2) is 46.2 Å². The number of aryl methyl sites for hydroxylation is 2. The molecular weight excluding hydrogens is 559 g/mol. The maximum Gasteiger partial charge on any atom is 0.306 e. The van der Waals surface area contributed by atoms with E-state index in [2.05, 4.69) is 0 Å². The average Bonchev–Trinajstić information content (AvgIpc) is 3.65. The largest absolute Gasteiger partial charge is 0.493 e. The maximum absolute atomic E-state index is 15.3. The molecule has 222 valence electrons. The van der Waals surface area contributed by atoms with Crippen molar-refractivity contribution in [3.63, 3.8) is 0 Å². The van der Waals surface area contributed by atoms with E-state index >= 15 is 4.39 Å². The number of ether oxygens (including phenoxy) is 4. The lowest BCUT2D eigenvalue weighted by Crippen LogP contribution is -2.13. The predicted octanol–water partition coefficient (Wildman–Crippen LogP) is 6.03. The molecule has 9 heteroatoms. The number of rotatable bonds is 8. The molecule has 0 radical (unpaired) electrons. The van der Waals surface area contributed by atoms with E-state index in [0.717, 1.165) is 33.4 Å². The lowest BCUT2D eigenvalue weighted by atomic mass is 9.90. The number of carbonyl (C=O) groups is 1. The zero-order valence-corrected chi connectivity index (χ0v) is 24.9. The Morgan fingerprint density at radius 3 is 2.55 bits per heavy atom. The number of halogens is 1. The van der Waals surface area contributed by atoms with Crippen molar-refractivity contribution < 1.29 is 36.6 Å². The summed E-state index contributed by atoms with van der Waals surface area (Å²) in [5, 5.41) is 0. The molecule has 7 nitrogen and oxygen atoms in total. The highest BCUT2D eigenvalue weighted by Gasteiger charge is 2.33. The molecule has 2 heterocycles. The molecule has 0 aromatic heterocycles. The predicted molar refractivity (Wildman–Crippen MR) is 157 cm³/mol. The molecular formula is C33H35FO7S. The highest BCUT2D eigenvalue weighted by atomic mass is 32.2. The molecule has 0 spiro atoms. The first kappa shape index (κ1) is 28.5. The van der Waals surface area contributed by atoms with Crippen LogP contribution >= 0.6 is 0 Å². The Kier molecular flexibility index (Phi) is 7.64. The van der Waals surface area contributed by atoms with Gasteiger partial charge in [-0.15, -0.1) is 0 Å². The maximum atomic E-state index is 15.3. The highest BCUT2D eigenvalue weighted by molar-refractivity contribution is 7.91. The van der Waals surface area contributed by atoms with Crippen molar-refractivity contribution in [1.82, 2.24) is 0 Å². The summed E-state index contributed by atoms with van der Waals surface area (Å²) in [5.41, 5.74) is 6.54. The van der Waals surface area contributed by atoms with Crippen molar-refractivity contribution in [2.75, 3.05) is 31.8 Å². The Morgan fingerprint density at radius 1 is 1.05 bits per heavy atom. The minimum Gasteiger partial charge on any atom is -0.493 e. The van der Waals surface area contributed by atoms with Gasteiger partial charge in [-0.3, -0.25) is 4.79 Å². The minimum atomic E-state index is -2.95. The number of sulfone groups is 1. The number of fused-ring (bicyclic) bond motifs is 2. The van der Waals surface area contributed by atoms with Gasteiger partial charge in [0.05, 0.1) is 38.3 Å². The third-order valence-electron chi connectivity index (χ3n) is 8.65. The van der Waals surface area contributed by atoms with Crippen LogP contribution in [-0.2, 0) is 25.8 Å². The molecule has 0 N–H and O–H groups in total. The second-order valence-electron chi connectivity index (χ2n) is 11.6. The summed E-state index contributed by atoms with van der Waals surface area (Å²) in [5.74, 6) is 1.80. The fraction of sp³-hybridized carbons (Fsp3) is 0.424. The van der Waals surface area contributed by atoms with Crippen molar-refractivity contribution in [2.45, 2.75) is 51.6 Å². The Balaban J connectivity index is 1.21. The zero-order valence-electron chi connectivity index (χ0n) is 24.1. The molecule has 3 aromatic carbocycles. The topological polar surface area (TPSA) is 88.1 Å². The van der Waals surface area contributed by atoms with E-state index in [4.69, 9.17) is 18.9 Å². The van der Waals surface area contributed by atoms with Crippen LogP contribution in [0.1, 0.15) is 59.1 Å². The molecule has 3 aromatic rings. The number of esters is 1. The second kappa shape index (κ2) is 11.2. The number of hydrogen-bond donors (Lipinski definition) is 0. The molecule has 3 aliphatic rings. The fourth-order valence-electron chi connectivity index (χ4n) is 6.62. The lowest BCUT2D eigenvalue weighted by Gasteiger charge is -2.19. The first-order valence-corrected chi connectivity index (χ1v) is 16.2. The van der Waals surface area contributed by atoms with Gasteiger partial charge in [0.25, 0.3) is 0 Å². The molecule has 1 aliphatic carbocycles. The SMILES string of the molecule is COC(=O)C[C@@H]1COc2cc(OC3CCc4c(-c5c(C)cc(OC[C@@H]6CCS(=O)(=O)C6)cc5C)ccc(F)c43)ccc21. The second-order valence-corrected chi connectivity index (χ2v) is 13.9. The third-order valence-corrected chi connectivity index (χ3v) is 10.5. The van der Waals surface area contributed by atoms with Gasteiger partial charge >= 0.3 is 5.97 Å². The van der Waals surface area contributed by atoms with Gasteiger partial charge in [-0.05, 0) is 85.2 Å². The first-order valence-electron chi connectivity index (χ1n) is 14.4. The van der Waals surface area contributed by atoms with E-state index in [1.165, 1.54) is 13.2 Å². The normalized spacial score (nSPS) is 21.9. The van der Waals surface area contributed by atoms with Crippen LogP contribution in [0, 0.1) is 25.6 Å². The van der Waals surface area contributed by atoms with E-state index in [1.54, 1.807) is 0 Å². The summed E-state index contributed by atoms with van der Waals surface area (Å²) in [6, 6.07) is 12.9. The first-order chi connectivity index (χ1) is 20.1. The van der Waals surface area contributed by atoms with Gasteiger partial charge in [-0.25, -0.2) is 12.8 Å². The summed E-state index contributed by atoms with van der Waals surface area (Å²) in [7, 11) is -1.57. The molecule has 3 atom stereocenters. The van der Waals surface area contributed by atoms with Gasteiger partial charge < -0.3 is 18.9 Å². The summed E-state index contributed by atoms with van der Waals surface area (Å²) in [4.78, 5) is 11.7. The van der Waals surface area contributed by atoms with Gasteiger partial charge in [0.2, 0.25) is 0 Å². The van der Waals surface area contributed by atoms with Crippen LogP contribution < -0.4 is 14.2 Å². The molecule has 0 saturated carbocycles. The van der Waals surface area contributed by atoms with Crippen LogP contribution in [0.2, 0.25) is 0 Å². The lowest BCUT2D eigenvalue weighted by molar-refractivity contribution is -0.141. The standard InChI is InChI=1S/C33H35FO7S/c1-19-12-24(39-16-21-10-11-42(36,37)18-21)13-20(2)32(19)26-6-8-28(34)33-27(26)7-9-29(33)41-23-4-5-25-22(14-31(35)38-3)17-40-30(25)15-23/h4-6,8,12-13,15,21-22,29H,7,9-11,14,16-18H2,1-3H3/t21-,22+,29?/m0/s1. The van der Waals surface area contributed by atoms with Crippen molar-refractivity contribution in [3.05, 3.63) is 76.1 Å². The number of hydrogen-bond acceptors (Lipinski definition) is 7. The molecule has 0 bridgehead atoms. The summed E-state index contributed by atoms with van der Waals surface area (Å²) in [6.45, 7) is 4.82. The van der Waals surface area contributed by atoms with Gasteiger partial charge in [0, 0.05) is 29.0 Å². The van der Waals surface area contributed by atoms with Gasteiger partial charge in [-0.2, -0.15) is 0 Å². The zero-order chi connectivity index (χ0) is 29.6. The Morgan fingerprint density at radius 2 is 1.83 bits per heavy atom. The quantitative estimate of drug-likeness (QED) is 0.295. The van der Waals surface area contributed by atoms with Crippen molar-refractivity contribution in [2.24, 2.45) is 5.92 Å². The minimum absolute atomic E-state index is 0.0195. The fourth-order valence-corrected chi connectivity index (χ4v) is 8.46. The smallest absolute Gasteiger partial charge is 0.306 e. The number of methoxy groups -OCH3 is 1.